The number of Topliss-reactive ketones (excluding diaryl/α,β-unsaturated/α-hetero) is 1. The number of hydrogen-bond donors (Lipinski definition) is 10. The maximum absolute atomic E-state index is 14.8. The summed E-state index contributed by atoms with van der Waals surface area (Å²) in [4.78, 5) is 144. The van der Waals surface area contributed by atoms with Gasteiger partial charge in [0.1, 0.15) is 71.7 Å². The zero-order chi connectivity index (χ0) is 95.3. The number of carbonyl (C=O) groups is 11. The SMILES string of the molecule is CC(=O)O[C@@H]1C2=C(C)[C@@H](O)C[C@@](O)([C@@H](OC(=O)c3ccccc3)[C@@H]3[C@]4(OC(C)=O)CO[C@@H]4C[C@H](O)[C@@]3(C)[C@H]1O)C2(C)C.CC(=O)O[C@H]1C(=O)[C@@]2(C)[C@H]([C@H](OC(=O)c3ccccc3)[C@]3(O)C[C@H](O)C(C)=C1C3(C)C)[C@]1(OC(C)=O)CO[C@@H]1C[C@@H]2O.CC(=O)O[C@H]1C[C@@]2(O)[C@@H](OC(=O)c3ccccc3)[C@@H]3[C@]4(OC(C)=O)CO[C@@H]4C[C@H](O)[C@@]3(C)[C@@H](O)[C@H](OC(C)=O)C(=C1C)C2(C)C. The summed E-state index contributed by atoms with van der Waals surface area (Å²) < 4.78 is 76.8. The third kappa shape index (κ3) is 15.1. The molecule has 9 aliphatic carbocycles. The molecule has 15 rings (SSSR count). The molecule has 34 nitrogen and oxygen atoms in total. The lowest BCUT2D eigenvalue weighted by molar-refractivity contribution is -0.365. The molecule has 3 aromatic carbocycles. The van der Waals surface area contributed by atoms with Gasteiger partial charge >= 0.3 is 59.7 Å². The fourth-order valence-corrected chi connectivity index (χ4v) is 24.5. The van der Waals surface area contributed by atoms with Crippen LogP contribution in [-0.2, 0) is 99.9 Å². The highest BCUT2D eigenvalue weighted by atomic mass is 16.7. The standard InChI is InChI=1S/C33H42O12.C31H40O11.C31H38O11/c1-16-21(42-17(2)34)14-33(40)28(44-29(39)20-11-9-8-10-12-20)26-31(7,22(37)13-23-32(26,15-41-23)45-19(4)36)27(38)25(43-18(3)35)24(16)30(33,5)6;2*1-15-19(34)13-31(38)26(41-27(37)18-10-8-7-9-11-18)24-29(6,20(35)12-21-30(24,14-39-21)42-17(3)33)25(36)23(40-16(2)32)22(15)28(31,4)5/h8-12,21-23,25-28,37-38,40H,13-15H2,1-7H3;7-11,19-21,23-26,34-36,38H,12-14H2,1-6H3;7-11,19-21,23-24,26,34-35,38H,12-14H2,1-6H3/t21-,22-,23+,25+,26-,27-,28-,31+,32-,33+;19-,20-,21+,23+,24-,25-,26-,29+,30-,31+;19-,20-,21+,23+,24-,26-,29+,30-,31+/m000/s1. The van der Waals surface area contributed by atoms with Gasteiger partial charge in [0.15, 0.2) is 40.9 Å². The largest absolute Gasteiger partial charge is 0.458 e. The lowest BCUT2D eigenvalue weighted by Gasteiger charge is -2.69. The van der Waals surface area contributed by atoms with Crippen LogP contribution in [0.2, 0.25) is 0 Å². The number of fused-ring (bicyclic) bond motifs is 15. The van der Waals surface area contributed by atoms with E-state index >= 15 is 0 Å². The Labute approximate surface area is 746 Å². The monoisotopic (exact) mass is 1800 g/mol. The van der Waals surface area contributed by atoms with E-state index in [0.717, 1.165) is 6.92 Å². The van der Waals surface area contributed by atoms with Crippen LogP contribution in [0, 0.1) is 50.2 Å². The zero-order valence-corrected chi connectivity index (χ0v) is 75.8. The lowest BCUT2D eigenvalue weighted by Crippen LogP contribution is -2.82. The van der Waals surface area contributed by atoms with Gasteiger partial charge < -0.3 is 113 Å². The van der Waals surface area contributed by atoms with Crippen LogP contribution < -0.4 is 0 Å². The molecule has 6 saturated carbocycles. The maximum atomic E-state index is 14.8. The quantitative estimate of drug-likeness (QED) is 0.0603. The lowest BCUT2D eigenvalue weighted by atomic mass is 9.44. The van der Waals surface area contributed by atoms with Gasteiger partial charge in [0.2, 0.25) is 0 Å². The molecule has 0 amide bonds. The zero-order valence-electron chi connectivity index (χ0n) is 75.8. The van der Waals surface area contributed by atoms with Gasteiger partial charge in [-0.2, -0.15) is 0 Å². The molecule has 9 fully saturated rings. The van der Waals surface area contributed by atoms with Crippen molar-refractivity contribution in [2.75, 3.05) is 19.8 Å². The maximum Gasteiger partial charge on any atom is 0.338 e. The van der Waals surface area contributed by atoms with Crippen molar-refractivity contribution >= 4 is 65.5 Å². The van der Waals surface area contributed by atoms with Crippen molar-refractivity contribution in [1.29, 1.82) is 0 Å². The molecule has 0 aromatic heterocycles. The van der Waals surface area contributed by atoms with Crippen LogP contribution in [0.5, 0.6) is 0 Å². The molecule has 3 heterocycles. The number of ketones is 1. The van der Waals surface area contributed by atoms with Gasteiger partial charge in [-0.15, -0.1) is 0 Å². The highest BCUT2D eigenvalue weighted by Gasteiger charge is 2.83. The summed E-state index contributed by atoms with van der Waals surface area (Å²) in [5, 5.41) is 121. The Bertz CT molecular complexity index is 5060. The van der Waals surface area contributed by atoms with E-state index in [9.17, 15) is 104 Å². The van der Waals surface area contributed by atoms with Gasteiger partial charge in [0.05, 0.1) is 90.2 Å². The first-order chi connectivity index (χ1) is 59.9. The molecule has 704 valence electrons. The van der Waals surface area contributed by atoms with E-state index in [0.29, 0.717) is 16.7 Å². The molecule has 34 heteroatoms. The van der Waals surface area contributed by atoms with Crippen molar-refractivity contribution in [3.63, 3.8) is 0 Å². The fourth-order valence-electron chi connectivity index (χ4n) is 24.5. The molecule has 129 heavy (non-hydrogen) atoms. The third-order valence-electron chi connectivity index (χ3n) is 31.4. The van der Waals surface area contributed by atoms with E-state index in [1.165, 1.54) is 72.7 Å². The Morgan fingerprint density at radius 2 is 0.651 bits per heavy atom. The Hall–Kier alpha value is -9.27. The second-order valence-corrected chi connectivity index (χ2v) is 39.3. The van der Waals surface area contributed by atoms with Crippen LogP contribution >= 0.6 is 0 Å². The fraction of sp³-hybridized carbons (Fsp3) is 0.632. The predicted molar refractivity (Wildman–Crippen MR) is 446 cm³/mol. The Balaban J connectivity index is 0.000000165. The molecule has 3 saturated heterocycles. The normalized spacial score (nSPS) is 40.8. The topological polar surface area (TPSA) is 510 Å². The first-order valence-corrected chi connectivity index (χ1v) is 43.5. The summed E-state index contributed by atoms with van der Waals surface area (Å²) >= 11 is 0. The molecule has 12 aliphatic rings. The van der Waals surface area contributed by atoms with Gasteiger partial charge in [0.25, 0.3) is 0 Å². The molecular formula is C95H120O34. The minimum absolute atomic E-state index is 0.0496. The minimum Gasteiger partial charge on any atom is -0.458 e. The van der Waals surface area contributed by atoms with E-state index in [1.807, 2.05) is 0 Å². The summed E-state index contributed by atoms with van der Waals surface area (Å²) in [6.45, 7) is 27.1. The Morgan fingerprint density at radius 3 is 0.969 bits per heavy atom. The van der Waals surface area contributed by atoms with Crippen LogP contribution in [0.3, 0.4) is 0 Å². The second kappa shape index (κ2) is 34.1. The minimum atomic E-state index is -2.11. The molecule has 0 unspecified atom stereocenters. The average molecular weight is 1810 g/mol. The first-order valence-electron chi connectivity index (χ1n) is 43.5. The number of aliphatic hydroxyl groups is 10. The molecule has 0 spiro atoms. The van der Waals surface area contributed by atoms with Crippen LogP contribution in [0.15, 0.2) is 124 Å². The molecule has 29 atom stereocenters. The number of esters is 10. The molecule has 3 aliphatic heterocycles. The smallest absolute Gasteiger partial charge is 0.338 e. The Kier molecular flexibility index (Phi) is 25.7. The number of ether oxygens (including phenoxy) is 13. The van der Waals surface area contributed by atoms with Crippen molar-refractivity contribution < 1.29 is 165 Å². The number of rotatable bonds is 13. The number of aliphatic hydroxyl groups excluding tert-OH is 7. The molecular weight excluding hydrogens is 1690 g/mol. The van der Waals surface area contributed by atoms with Gasteiger partial charge in [-0.25, -0.2) is 14.4 Å². The third-order valence-corrected chi connectivity index (χ3v) is 31.4. The summed E-state index contributed by atoms with van der Waals surface area (Å²) in [6.07, 6.45) is -24.0. The first kappa shape index (κ1) is 97.3. The van der Waals surface area contributed by atoms with E-state index < -0.39 is 253 Å². The van der Waals surface area contributed by atoms with Crippen LogP contribution in [-0.4, -0.2) is 274 Å². The highest BCUT2D eigenvalue weighted by Crippen LogP contribution is 2.70. The van der Waals surface area contributed by atoms with Gasteiger partial charge in [-0.3, -0.25) is 38.4 Å². The second-order valence-electron chi connectivity index (χ2n) is 39.3. The van der Waals surface area contributed by atoms with Gasteiger partial charge in [-0.1, -0.05) is 110 Å². The molecule has 10 N–H and O–H groups in total. The summed E-state index contributed by atoms with van der Waals surface area (Å²) in [5.74, 6) is -12.1. The van der Waals surface area contributed by atoms with Crippen molar-refractivity contribution in [1.82, 2.24) is 0 Å². The van der Waals surface area contributed by atoms with E-state index in [4.69, 9.17) is 61.6 Å². The van der Waals surface area contributed by atoms with E-state index in [-0.39, 0.29) is 91.8 Å². The molecule has 3 aromatic rings. The number of hydrogen-bond acceptors (Lipinski definition) is 34. The average Bonchev–Trinajstić information content (AvgIpc) is 0.676. The van der Waals surface area contributed by atoms with Gasteiger partial charge in [-0.05, 0) is 97.5 Å². The number of carbonyl (C=O) groups excluding carboxylic acids is 11. The van der Waals surface area contributed by atoms with Crippen molar-refractivity contribution in [3.8, 4) is 0 Å². The number of benzene rings is 3. The van der Waals surface area contributed by atoms with Crippen molar-refractivity contribution in [2.45, 2.75) is 307 Å². The summed E-state index contributed by atoms with van der Waals surface area (Å²) in [6, 6.07) is 24.3. The summed E-state index contributed by atoms with van der Waals surface area (Å²) in [5.41, 5.74) is -18.2. The van der Waals surface area contributed by atoms with Crippen LogP contribution in [0.25, 0.3) is 0 Å². The van der Waals surface area contributed by atoms with Crippen molar-refractivity contribution in [2.24, 2.45) is 50.2 Å². The molecule has 0 radical (unpaired) electrons. The highest BCUT2D eigenvalue weighted by molar-refractivity contribution is 5.96. The van der Waals surface area contributed by atoms with Crippen LogP contribution in [0.1, 0.15) is 201 Å². The van der Waals surface area contributed by atoms with Crippen LogP contribution in [0.4, 0.5) is 0 Å². The van der Waals surface area contributed by atoms with Gasteiger partial charge in [0, 0.05) is 114 Å². The van der Waals surface area contributed by atoms with Crippen molar-refractivity contribution in [3.05, 3.63) is 141 Å². The predicted octanol–water partition coefficient (Wildman–Crippen LogP) is 5.11. The van der Waals surface area contributed by atoms with E-state index in [2.05, 4.69) is 0 Å². The molecule has 6 bridgehead atoms. The Morgan fingerprint density at radius 1 is 0.357 bits per heavy atom. The summed E-state index contributed by atoms with van der Waals surface area (Å²) in [7, 11) is 0. The van der Waals surface area contributed by atoms with E-state index in [1.54, 1.807) is 143 Å².